The van der Waals surface area contributed by atoms with Gasteiger partial charge in [0.2, 0.25) is 5.09 Å². The van der Waals surface area contributed by atoms with Crippen molar-refractivity contribution in [2.45, 2.75) is 31.9 Å². The third-order valence-electron chi connectivity index (χ3n) is 2.47. The van der Waals surface area contributed by atoms with E-state index in [-0.39, 0.29) is 5.09 Å². The van der Waals surface area contributed by atoms with Gasteiger partial charge in [-0.25, -0.2) is 4.98 Å². The summed E-state index contributed by atoms with van der Waals surface area (Å²) in [4.78, 5) is 4.90. The van der Waals surface area contributed by atoms with Crippen LogP contribution in [0.5, 0.6) is 0 Å². The number of thiazole rings is 1. The second-order valence-corrected chi connectivity index (χ2v) is 7.13. The number of aromatic nitrogens is 1. The Hall–Kier alpha value is -1.38. The van der Waals surface area contributed by atoms with Gasteiger partial charge >= 0.3 is 0 Å². The van der Waals surface area contributed by atoms with E-state index in [4.69, 9.17) is 4.42 Å². The molecule has 0 aromatic carbocycles. The number of hydrogen-bond donors (Lipinski definition) is 2. The molecule has 6 nitrogen and oxygen atoms in total. The van der Waals surface area contributed by atoms with Gasteiger partial charge in [-0.1, -0.05) is 6.92 Å². The van der Waals surface area contributed by atoms with Crippen LogP contribution in [0.25, 0.3) is 0 Å². The lowest BCUT2D eigenvalue weighted by Gasteiger charge is -2.02. The van der Waals surface area contributed by atoms with E-state index in [1.165, 1.54) is 17.4 Å². The highest BCUT2D eigenvalue weighted by Crippen LogP contribution is 2.22. The van der Waals surface area contributed by atoms with Gasteiger partial charge in [-0.05, 0) is 32.0 Å². The SMILES string of the molecule is CCCNCc1ccc(S(=O)(=O)Nc2ncc(C)s2)o1. The quantitative estimate of drug-likeness (QED) is 0.766. The topological polar surface area (TPSA) is 84.2 Å². The first-order valence-corrected chi connectivity index (χ1v) is 8.56. The summed E-state index contributed by atoms with van der Waals surface area (Å²) in [6.07, 6.45) is 2.63. The zero-order valence-electron chi connectivity index (χ0n) is 11.3. The van der Waals surface area contributed by atoms with Crippen LogP contribution in [0, 0.1) is 6.92 Å². The summed E-state index contributed by atoms with van der Waals surface area (Å²) in [6, 6.07) is 3.11. The standard InChI is InChI=1S/C12H17N3O3S2/c1-3-6-13-8-10-4-5-11(18-10)20(16,17)15-12-14-7-9(2)19-12/h4-5,7,13H,3,6,8H2,1-2H3,(H,14,15). The van der Waals surface area contributed by atoms with Crippen molar-refractivity contribution in [3.8, 4) is 0 Å². The summed E-state index contributed by atoms with van der Waals surface area (Å²) in [5.74, 6) is 0.592. The fourth-order valence-corrected chi connectivity index (χ4v) is 3.41. The highest BCUT2D eigenvalue weighted by molar-refractivity contribution is 7.92. The third kappa shape index (κ3) is 3.81. The van der Waals surface area contributed by atoms with Gasteiger partial charge in [0.05, 0.1) is 6.54 Å². The van der Waals surface area contributed by atoms with Gasteiger partial charge in [-0.2, -0.15) is 8.42 Å². The minimum absolute atomic E-state index is 0.0985. The first-order chi connectivity index (χ1) is 9.51. The Morgan fingerprint density at radius 2 is 2.20 bits per heavy atom. The van der Waals surface area contributed by atoms with Crippen LogP contribution in [0.1, 0.15) is 24.0 Å². The number of furan rings is 1. The van der Waals surface area contributed by atoms with E-state index in [1.54, 1.807) is 12.3 Å². The average molecular weight is 315 g/mol. The van der Waals surface area contributed by atoms with E-state index in [0.29, 0.717) is 17.4 Å². The molecular weight excluding hydrogens is 298 g/mol. The van der Waals surface area contributed by atoms with E-state index in [0.717, 1.165) is 17.8 Å². The summed E-state index contributed by atoms with van der Waals surface area (Å²) < 4.78 is 31.9. The predicted molar refractivity (Wildman–Crippen MR) is 78.4 cm³/mol. The zero-order valence-corrected chi connectivity index (χ0v) is 13.0. The van der Waals surface area contributed by atoms with Crippen LogP contribution >= 0.6 is 11.3 Å². The van der Waals surface area contributed by atoms with Crippen molar-refractivity contribution in [3.63, 3.8) is 0 Å². The molecule has 0 radical (unpaired) electrons. The third-order valence-corrected chi connectivity index (χ3v) is 4.64. The van der Waals surface area contributed by atoms with E-state index >= 15 is 0 Å². The lowest BCUT2D eigenvalue weighted by Crippen LogP contribution is -2.13. The Bertz CT molecular complexity index is 661. The smallest absolute Gasteiger partial charge is 0.297 e. The van der Waals surface area contributed by atoms with E-state index in [9.17, 15) is 8.42 Å². The molecule has 2 N–H and O–H groups in total. The molecule has 2 rings (SSSR count). The fourth-order valence-electron chi connectivity index (χ4n) is 1.55. The van der Waals surface area contributed by atoms with Crippen molar-refractivity contribution in [2.75, 3.05) is 11.3 Å². The minimum atomic E-state index is -3.71. The maximum absolute atomic E-state index is 12.1. The number of aryl methyl sites for hydroxylation is 1. The second-order valence-electron chi connectivity index (χ2n) is 4.28. The minimum Gasteiger partial charge on any atom is -0.446 e. The monoisotopic (exact) mass is 315 g/mol. The van der Waals surface area contributed by atoms with Crippen molar-refractivity contribution in [1.82, 2.24) is 10.3 Å². The van der Waals surface area contributed by atoms with Crippen molar-refractivity contribution in [2.24, 2.45) is 0 Å². The highest BCUT2D eigenvalue weighted by atomic mass is 32.2. The number of sulfonamides is 1. The number of rotatable bonds is 7. The van der Waals surface area contributed by atoms with E-state index in [1.807, 2.05) is 6.92 Å². The van der Waals surface area contributed by atoms with Gasteiger partial charge in [-0.3, -0.25) is 4.72 Å². The van der Waals surface area contributed by atoms with Crippen LogP contribution in [-0.2, 0) is 16.6 Å². The maximum atomic E-state index is 12.1. The molecule has 2 heterocycles. The molecule has 0 aliphatic carbocycles. The van der Waals surface area contributed by atoms with E-state index < -0.39 is 10.0 Å². The Morgan fingerprint density at radius 1 is 1.40 bits per heavy atom. The number of anilines is 1. The van der Waals surface area contributed by atoms with Crippen molar-refractivity contribution in [1.29, 1.82) is 0 Å². The number of nitrogens with one attached hydrogen (secondary N) is 2. The molecule has 8 heteroatoms. The molecule has 2 aromatic rings. The van der Waals surface area contributed by atoms with Crippen LogP contribution in [0.4, 0.5) is 5.13 Å². The van der Waals surface area contributed by atoms with Crippen LogP contribution in [0.2, 0.25) is 0 Å². The molecule has 0 amide bonds. The number of nitrogens with zero attached hydrogens (tertiary/aromatic N) is 1. The normalized spacial score (nSPS) is 11.7. The van der Waals surface area contributed by atoms with Gasteiger partial charge in [0.15, 0.2) is 5.13 Å². The Kier molecular flexibility index (Phi) is 4.79. The van der Waals surface area contributed by atoms with Crippen molar-refractivity contribution in [3.05, 3.63) is 29.0 Å². The van der Waals surface area contributed by atoms with Crippen molar-refractivity contribution < 1.29 is 12.8 Å². The molecule has 0 aliphatic heterocycles. The summed E-state index contributed by atoms with van der Waals surface area (Å²) in [5.41, 5.74) is 0. The second kappa shape index (κ2) is 6.38. The molecule has 0 bridgehead atoms. The molecular formula is C12H17N3O3S2. The predicted octanol–water partition coefficient (Wildman–Crippen LogP) is 2.34. The summed E-state index contributed by atoms with van der Waals surface area (Å²) in [7, 11) is -3.71. The lowest BCUT2D eigenvalue weighted by atomic mass is 10.4. The molecule has 20 heavy (non-hydrogen) atoms. The maximum Gasteiger partial charge on any atom is 0.297 e. The van der Waals surface area contributed by atoms with Gasteiger partial charge in [-0.15, -0.1) is 11.3 Å². The fraction of sp³-hybridized carbons (Fsp3) is 0.417. The number of hydrogen-bond acceptors (Lipinski definition) is 6. The van der Waals surface area contributed by atoms with Crippen LogP contribution in [0.15, 0.2) is 27.8 Å². The van der Waals surface area contributed by atoms with Gasteiger partial charge in [0.25, 0.3) is 10.0 Å². The van der Waals surface area contributed by atoms with Crippen LogP contribution in [-0.4, -0.2) is 19.9 Å². The summed E-state index contributed by atoms with van der Waals surface area (Å²) in [6.45, 7) is 5.30. The lowest BCUT2D eigenvalue weighted by molar-refractivity contribution is 0.403. The van der Waals surface area contributed by atoms with Gasteiger partial charge in [0.1, 0.15) is 5.76 Å². The van der Waals surface area contributed by atoms with Crippen molar-refractivity contribution >= 4 is 26.5 Å². The Balaban J connectivity index is 2.06. The zero-order chi connectivity index (χ0) is 14.6. The average Bonchev–Trinajstić information content (AvgIpc) is 2.99. The molecule has 0 unspecified atom stereocenters. The van der Waals surface area contributed by atoms with Gasteiger partial charge < -0.3 is 9.73 Å². The first-order valence-electron chi connectivity index (χ1n) is 6.26. The largest absolute Gasteiger partial charge is 0.446 e. The van der Waals surface area contributed by atoms with E-state index in [2.05, 4.69) is 21.9 Å². The summed E-state index contributed by atoms with van der Waals surface area (Å²) in [5, 5.41) is 3.39. The van der Waals surface area contributed by atoms with Gasteiger partial charge in [0, 0.05) is 11.1 Å². The first kappa shape index (κ1) is 15.0. The molecule has 0 saturated carbocycles. The molecule has 2 aromatic heterocycles. The Labute approximate surface area is 122 Å². The van der Waals surface area contributed by atoms with Crippen LogP contribution < -0.4 is 10.0 Å². The molecule has 0 saturated heterocycles. The Morgan fingerprint density at radius 3 is 2.85 bits per heavy atom. The molecule has 0 atom stereocenters. The molecule has 0 fully saturated rings. The summed E-state index contributed by atoms with van der Waals surface area (Å²) >= 11 is 1.28. The molecule has 0 spiro atoms. The molecule has 0 aliphatic rings. The molecule has 110 valence electrons. The van der Waals surface area contributed by atoms with Crippen LogP contribution in [0.3, 0.4) is 0 Å². The highest BCUT2D eigenvalue weighted by Gasteiger charge is 2.20.